The summed E-state index contributed by atoms with van der Waals surface area (Å²) in [5.74, 6) is 0.747. The Morgan fingerprint density at radius 3 is 2.84 bits per heavy atom. The number of hydrogen-bond donors (Lipinski definition) is 1. The molecule has 0 saturated carbocycles. The largest absolute Gasteiger partial charge is 0.377 e. The molecule has 0 spiro atoms. The zero-order chi connectivity index (χ0) is 21.4. The average Bonchev–Trinajstić information content (AvgIpc) is 3.16. The number of H-pyrrole nitrogens is 1. The maximum absolute atomic E-state index is 12.6. The van der Waals surface area contributed by atoms with E-state index in [1.807, 2.05) is 36.2 Å². The maximum Gasteiger partial charge on any atom is 0.297 e. The second-order valence-corrected chi connectivity index (χ2v) is 9.20. The predicted octanol–water partition coefficient (Wildman–Crippen LogP) is 3.03. The van der Waals surface area contributed by atoms with Crippen molar-refractivity contribution in [2.24, 2.45) is 0 Å². The number of aryl methyl sites for hydroxylation is 1. The zero-order valence-corrected chi connectivity index (χ0v) is 17.8. The molecule has 1 saturated heterocycles. The Kier molecular flexibility index (Phi) is 5.09. The topological polar surface area (TPSA) is 97.4 Å². The summed E-state index contributed by atoms with van der Waals surface area (Å²) < 4.78 is 36.2. The molecule has 1 aromatic carbocycles. The van der Waals surface area contributed by atoms with Crippen molar-refractivity contribution < 1.29 is 17.3 Å². The Bertz CT molecular complexity index is 1330. The molecule has 4 aromatic rings. The van der Waals surface area contributed by atoms with Crippen LogP contribution in [0, 0.1) is 6.92 Å². The number of benzene rings is 1. The number of nitrogens with zero attached hydrogens (tertiary/aromatic N) is 3. The Hall–Kier alpha value is -3.01. The van der Waals surface area contributed by atoms with E-state index in [0.717, 1.165) is 33.3 Å². The molecule has 3 aromatic heterocycles. The van der Waals surface area contributed by atoms with Crippen LogP contribution in [0.4, 0.5) is 5.82 Å². The van der Waals surface area contributed by atoms with Gasteiger partial charge in [0.25, 0.3) is 10.1 Å². The summed E-state index contributed by atoms with van der Waals surface area (Å²) in [4.78, 5) is 14.5. The fourth-order valence-corrected chi connectivity index (χ4v) is 4.74. The lowest BCUT2D eigenvalue weighted by Crippen LogP contribution is -2.48. The Labute approximate surface area is 180 Å². The first-order valence-corrected chi connectivity index (χ1v) is 11.4. The Morgan fingerprint density at radius 2 is 2.00 bits per heavy atom. The van der Waals surface area contributed by atoms with E-state index in [1.165, 1.54) is 0 Å². The monoisotopic (exact) mass is 438 g/mol. The van der Waals surface area contributed by atoms with Gasteiger partial charge < -0.3 is 14.6 Å². The number of pyridine rings is 2. The van der Waals surface area contributed by atoms with Gasteiger partial charge in [-0.25, -0.2) is 4.98 Å². The van der Waals surface area contributed by atoms with Gasteiger partial charge in [0.1, 0.15) is 11.5 Å². The predicted molar refractivity (Wildman–Crippen MR) is 118 cm³/mol. The summed E-state index contributed by atoms with van der Waals surface area (Å²) in [5, 5.41) is 2.01. The van der Waals surface area contributed by atoms with Crippen LogP contribution in [0.1, 0.15) is 5.56 Å². The standard InChI is InChI=1S/C22H22N4O4S/c1-15-2-4-17(5-3-15)31(27,28)30-14-16-13-29-11-10-26(16)21-7-6-18-19-12-23-9-8-20(19)24-22(18)25-21/h2-9,12,16H,10-11,13-14H2,1H3,(H,24,25)/t16-/m0/s1. The molecule has 0 bridgehead atoms. The molecule has 8 nitrogen and oxygen atoms in total. The maximum atomic E-state index is 12.6. The molecule has 1 atom stereocenters. The number of fused-ring (bicyclic) bond motifs is 3. The van der Waals surface area contributed by atoms with Gasteiger partial charge in [0.15, 0.2) is 0 Å². The van der Waals surface area contributed by atoms with Gasteiger partial charge >= 0.3 is 0 Å². The fourth-order valence-electron chi connectivity index (χ4n) is 3.80. The summed E-state index contributed by atoms with van der Waals surface area (Å²) in [5.41, 5.74) is 2.72. The number of nitrogens with one attached hydrogen (secondary N) is 1. The lowest BCUT2D eigenvalue weighted by molar-refractivity contribution is 0.0776. The molecule has 0 radical (unpaired) electrons. The zero-order valence-electron chi connectivity index (χ0n) is 17.0. The van der Waals surface area contributed by atoms with E-state index in [1.54, 1.807) is 30.5 Å². The van der Waals surface area contributed by atoms with E-state index < -0.39 is 10.1 Å². The first-order chi connectivity index (χ1) is 15.0. The van der Waals surface area contributed by atoms with Crippen LogP contribution >= 0.6 is 0 Å². The second kappa shape index (κ2) is 7.92. The summed E-state index contributed by atoms with van der Waals surface area (Å²) in [6.07, 6.45) is 3.55. The molecule has 0 aliphatic carbocycles. The van der Waals surface area contributed by atoms with Crippen LogP contribution < -0.4 is 4.90 Å². The molecule has 0 amide bonds. The summed E-state index contributed by atoms with van der Waals surface area (Å²) in [6, 6.07) is 12.2. The lowest BCUT2D eigenvalue weighted by Gasteiger charge is -2.36. The van der Waals surface area contributed by atoms with Gasteiger partial charge in [-0.2, -0.15) is 8.42 Å². The highest BCUT2D eigenvalue weighted by molar-refractivity contribution is 7.86. The third-order valence-electron chi connectivity index (χ3n) is 5.49. The molecule has 9 heteroatoms. The molecule has 1 aliphatic heterocycles. The van der Waals surface area contributed by atoms with Crippen molar-refractivity contribution >= 4 is 37.9 Å². The van der Waals surface area contributed by atoms with E-state index >= 15 is 0 Å². The smallest absolute Gasteiger partial charge is 0.297 e. The van der Waals surface area contributed by atoms with Crippen molar-refractivity contribution in [3.05, 3.63) is 60.4 Å². The second-order valence-electron chi connectivity index (χ2n) is 7.59. The van der Waals surface area contributed by atoms with Gasteiger partial charge in [-0.05, 0) is 37.3 Å². The minimum Gasteiger partial charge on any atom is -0.377 e. The molecule has 1 N–H and O–H groups in total. The number of anilines is 1. The van der Waals surface area contributed by atoms with Crippen molar-refractivity contribution in [2.45, 2.75) is 17.9 Å². The van der Waals surface area contributed by atoms with Crippen LogP contribution in [0.15, 0.2) is 59.8 Å². The lowest BCUT2D eigenvalue weighted by atomic mass is 10.2. The average molecular weight is 439 g/mol. The Morgan fingerprint density at radius 1 is 1.16 bits per heavy atom. The van der Waals surface area contributed by atoms with E-state index in [0.29, 0.717) is 19.8 Å². The fraction of sp³-hybridized carbons (Fsp3) is 0.273. The van der Waals surface area contributed by atoms with Gasteiger partial charge in [0.05, 0.1) is 36.3 Å². The molecule has 1 aliphatic rings. The van der Waals surface area contributed by atoms with Crippen LogP contribution in [-0.2, 0) is 19.0 Å². The van der Waals surface area contributed by atoms with E-state index in [4.69, 9.17) is 13.9 Å². The van der Waals surface area contributed by atoms with Crippen molar-refractivity contribution in [3.63, 3.8) is 0 Å². The highest BCUT2D eigenvalue weighted by atomic mass is 32.2. The molecular weight excluding hydrogens is 416 g/mol. The van der Waals surface area contributed by atoms with E-state index in [-0.39, 0.29) is 17.5 Å². The van der Waals surface area contributed by atoms with Gasteiger partial charge in [-0.3, -0.25) is 9.17 Å². The molecule has 31 heavy (non-hydrogen) atoms. The van der Waals surface area contributed by atoms with Gasteiger partial charge in [0, 0.05) is 29.7 Å². The van der Waals surface area contributed by atoms with Gasteiger partial charge in [-0.1, -0.05) is 17.7 Å². The third-order valence-corrected chi connectivity index (χ3v) is 6.79. The molecular formula is C22H22N4O4S. The molecule has 160 valence electrons. The quantitative estimate of drug-likeness (QED) is 0.478. The summed E-state index contributed by atoms with van der Waals surface area (Å²) in [7, 11) is -3.85. The van der Waals surface area contributed by atoms with Crippen molar-refractivity contribution in [3.8, 4) is 0 Å². The van der Waals surface area contributed by atoms with E-state index in [9.17, 15) is 8.42 Å². The Balaban J connectivity index is 1.39. The van der Waals surface area contributed by atoms with Gasteiger partial charge in [-0.15, -0.1) is 0 Å². The van der Waals surface area contributed by atoms with Crippen LogP contribution in [0.3, 0.4) is 0 Å². The van der Waals surface area contributed by atoms with Crippen LogP contribution in [-0.4, -0.2) is 55.8 Å². The molecule has 5 rings (SSSR count). The number of morpholine rings is 1. The number of hydrogen-bond acceptors (Lipinski definition) is 7. The highest BCUT2D eigenvalue weighted by Crippen LogP contribution is 2.27. The van der Waals surface area contributed by atoms with Crippen molar-refractivity contribution in [1.82, 2.24) is 15.0 Å². The van der Waals surface area contributed by atoms with Crippen LogP contribution in [0.5, 0.6) is 0 Å². The van der Waals surface area contributed by atoms with Gasteiger partial charge in [0.2, 0.25) is 0 Å². The summed E-state index contributed by atoms with van der Waals surface area (Å²) in [6.45, 7) is 3.38. The minimum atomic E-state index is -3.85. The van der Waals surface area contributed by atoms with Crippen molar-refractivity contribution in [1.29, 1.82) is 0 Å². The highest BCUT2D eigenvalue weighted by Gasteiger charge is 2.27. The molecule has 4 heterocycles. The number of ether oxygens (including phenoxy) is 1. The minimum absolute atomic E-state index is 0.0213. The normalized spacial score (nSPS) is 17.5. The third kappa shape index (κ3) is 3.87. The number of aromatic amines is 1. The van der Waals surface area contributed by atoms with Crippen LogP contribution in [0.25, 0.3) is 21.9 Å². The van der Waals surface area contributed by atoms with Crippen LogP contribution in [0.2, 0.25) is 0 Å². The number of aromatic nitrogens is 3. The first kappa shape index (κ1) is 19.9. The molecule has 0 unspecified atom stereocenters. The first-order valence-electron chi connectivity index (χ1n) is 10.0. The number of rotatable bonds is 5. The van der Waals surface area contributed by atoms with E-state index in [2.05, 4.69) is 9.97 Å². The SMILES string of the molecule is Cc1ccc(S(=O)(=O)OC[C@@H]2COCCN2c2ccc3c(n2)[nH]c2ccncc23)cc1. The summed E-state index contributed by atoms with van der Waals surface area (Å²) >= 11 is 0. The van der Waals surface area contributed by atoms with Crippen molar-refractivity contribution in [2.75, 3.05) is 31.3 Å². The molecule has 1 fully saturated rings.